The van der Waals surface area contributed by atoms with Crippen molar-refractivity contribution in [1.82, 2.24) is 5.01 Å². The van der Waals surface area contributed by atoms with Gasteiger partial charge in [-0.2, -0.15) is 5.10 Å². The van der Waals surface area contributed by atoms with Crippen LogP contribution in [0.4, 0.5) is 0 Å². The summed E-state index contributed by atoms with van der Waals surface area (Å²) in [6.45, 7) is 2.12. The van der Waals surface area contributed by atoms with Crippen LogP contribution in [0.25, 0.3) is 0 Å². The van der Waals surface area contributed by atoms with Crippen LogP contribution in [0.2, 0.25) is 5.02 Å². The molecule has 2 aromatic rings. The van der Waals surface area contributed by atoms with Crippen LogP contribution in [0, 0.1) is 0 Å². The molecule has 112 valence electrons. The van der Waals surface area contributed by atoms with Gasteiger partial charge >= 0.3 is 0 Å². The van der Waals surface area contributed by atoms with E-state index in [9.17, 15) is 0 Å². The summed E-state index contributed by atoms with van der Waals surface area (Å²) in [5.41, 5.74) is 3.42. The molecule has 0 fully saturated rings. The van der Waals surface area contributed by atoms with Gasteiger partial charge in [-0.3, -0.25) is 5.01 Å². The molecule has 4 rings (SSSR count). The number of halogens is 1. The van der Waals surface area contributed by atoms with E-state index in [2.05, 4.69) is 24.1 Å². The van der Waals surface area contributed by atoms with E-state index in [0.717, 1.165) is 34.9 Å². The summed E-state index contributed by atoms with van der Waals surface area (Å²) >= 11 is 6.18. The topological polar surface area (TPSA) is 24.8 Å². The minimum absolute atomic E-state index is 0.0140. The van der Waals surface area contributed by atoms with Crippen molar-refractivity contribution in [1.29, 1.82) is 0 Å². The molecule has 4 heteroatoms. The molecule has 2 aliphatic heterocycles. The van der Waals surface area contributed by atoms with Crippen LogP contribution in [0.1, 0.15) is 36.9 Å². The zero-order chi connectivity index (χ0) is 15.1. The number of hydrogen-bond acceptors (Lipinski definition) is 3. The Labute approximate surface area is 135 Å². The largest absolute Gasteiger partial charge is 0.469 e. The number of ether oxygens (including phenoxy) is 1. The normalized spacial score (nSPS) is 22.6. The summed E-state index contributed by atoms with van der Waals surface area (Å²) in [4.78, 5) is 0. The third kappa shape index (κ3) is 2.17. The molecule has 2 aromatic carbocycles. The third-order valence-electron chi connectivity index (χ3n) is 4.29. The van der Waals surface area contributed by atoms with Gasteiger partial charge in [-0.25, -0.2) is 0 Å². The smallest absolute Gasteiger partial charge is 0.187 e. The minimum Gasteiger partial charge on any atom is -0.469 e. The number of fused-ring (bicyclic) bond motifs is 3. The van der Waals surface area contributed by atoms with Crippen molar-refractivity contribution in [2.45, 2.75) is 32.0 Å². The maximum atomic E-state index is 6.18. The molecule has 0 amide bonds. The fourth-order valence-electron chi connectivity index (χ4n) is 3.21. The fraction of sp³-hybridized carbons (Fsp3) is 0.278. The molecule has 22 heavy (non-hydrogen) atoms. The van der Waals surface area contributed by atoms with Gasteiger partial charge in [0.15, 0.2) is 6.23 Å². The van der Waals surface area contributed by atoms with Crippen LogP contribution in [0.15, 0.2) is 53.6 Å². The summed E-state index contributed by atoms with van der Waals surface area (Å²) in [5.74, 6) is 0.932. The lowest BCUT2D eigenvalue weighted by molar-refractivity contribution is -0.0188. The molecule has 2 atom stereocenters. The first kappa shape index (κ1) is 13.6. The van der Waals surface area contributed by atoms with Gasteiger partial charge in [-0.1, -0.05) is 48.9 Å². The van der Waals surface area contributed by atoms with E-state index >= 15 is 0 Å². The van der Waals surface area contributed by atoms with Gasteiger partial charge in [0.2, 0.25) is 0 Å². The van der Waals surface area contributed by atoms with Gasteiger partial charge < -0.3 is 4.74 Å². The summed E-state index contributed by atoms with van der Waals surface area (Å²) in [6.07, 6.45) is 1.77. The number of benzene rings is 2. The molecule has 0 aromatic heterocycles. The second-order valence-corrected chi connectivity index (χ2v) is 6.11. The maximum absolute atomic E-state index is 6.18. The first-order chi connectivity index (χ1) is 10.8. The predicted molar refractivity (Wildman–Crippen MR) is 88.3 cm³/mol. The number of hydrazone groups is 1. The minimum atomic E-state index is -0.0140. The average molecular weight is 313 g/mol. The summed E-state index contributed by atoms with van der Waals surface area (Å²) in [6, 6.07) is 16.4. The van der Waals surface area contributed by atoms with Crippen LogP contribution < -0.4 is 4.74 Å². The monoisotopic (exact) mass is 312 g/mol. The molecular formula is C18H17ClN2O. The Balaban J connectivity index is 1.75. The lowest BCUT2D eigenvalue weighted by Gasteiger charge is -2.37. The van der Waals surface area contributed by atoms with E-state index in [4.69, 9.17) is 21.4 Å². The lowest BCUT2D eigenvalue weighted by Crippen LogP contribution is -2.39. The Morgan fingerprint density at radius 2 is 2.05 bits per heavy atom. The predicted octanol–water partition coefficient (Wildman–Crippen LogP) is 4.62. The molecule has 0 N–H and O–H groups in total. The van der Waals surface area contributed by atoms with Crippen LogP contribution in [-0.2, 0) is 0 Å². The van der Waals surface area contributed by atoms with Crippen LogP contribution >= 0.6 is 11.6 Å². The number of rotatable bonds is 2. The first-order valence-corrected chi connectivity index (χ1v) is 8.01. The standard InChI is InChI=1S/C18H17ClN2O/c1-2-18-21-16(14-10-13(19)8-9-17(14)22-18)11-15(20-21)12-6-4-3-5-7-12/h3-10,16,18H,2,11H2,1H3. The van der Waals surface area contributed by atoms with Crippen molar-refractivity contribution in [3.05, 3.63) is 64.7 Å². The highest BCUT2D eigenvalue weighted by Crippen LogP contribution is 2.44. The van der Waals surface area contributed by atoms with Crippen molar-refractivity contribution < 1.29 is 4.74 Å². The molecule has 0 radical (unpaired) electrons. The molecule has 2 unspecified atom stereocenters. The zero-order valence-electron chi connectivity index (χ0n) is 12.4. The van der Waals surface area contributed by atoms with Gasteiger partial charge in [0, 0.05) is 23.4 Å². The van der Waals surface area contributed by atoms with E-state index in [1.165, 1.54) is 5.56 Å². The second kappa shape index (κ2) is 5.33. The van der Waals surface area contributed by atoms with Crippen molar-refractivity contribution in [3.63, 3.8) is 0 Å². The van der Waals surface area contributed by atoms with E-state index in [1.807, 2.05) is 36.4 Å². The summed E-state index contributed by atoms with van der Waals surface area (Å²) in [5, 5.41) is 7.68. The molecule has 0 saturated heterocycles. The Morgan fingerprint density at radius 1 is 1.23 bits per heavy atom. The van der Waals surface area contributed by atoms with Crippen LogP contribution in [-0.4, -0.2) is 16.9 Å². The van der Waals surface area contributed by atoms with E-state index in [1.54, 1.807) is 0 Å². The third-order valence-corrected chi connectivity index (χ3v) is 4.52. The van der Waals surface area contributed by atoms with Gasteiger partial charge in [-0.15, -0.1) is 0 Å². The molecule has 2 heterocycles. The SMILES string of the molecule is CCC1Oc2ccc(Cl)cc2C2CC(c3ccccc3)=NN12. The Hall–Kier alpha value is -2.00. The molecule has 0 aliphatic carbocycles. The molecule has 0 saturated carbocycles. The van der Waals surface area contributed by atoms with E-state index in [-0.39, 0.29) is 12.3 Å². The Kier molecular flexibility index (Phi) is 3.30. The molecular weight excluding hydrogens is 296 g/mol. The highest BCUT2D eigenvalue weighted by Gasteiger charge is 2.39. The van der Waals surface area contributed by atoms with Crippen molar-refractivity contribution >= 4 is 17.3 Å². The maximum Gasteiger partial charge on any atom is 0.187 e. The highest BCUT2D eigenvalue weighted by atomic mass is 35.5. The van der Waals surface area contributed by atoms with Gasteiger partial charge in [0.1, 0.15) is 5.75 Å². The lowest BCUT2D eigenvalue weighted by atomic mass is 9.96. The van der Waals surface area contributed by atoms with Crippen molar-refractivity contribution in [2.24, 2.45) is 5.10 Å². The first-order valence-electron chi connectivity index (χ1n) is 7.63. The van der Waals surface area contributed by atoms with E-state index in [0.29, 0.717) is 0 Å². The average Bonchev–Trinajstić information content (AvgIpc) is 3.01. The van der Waals surface area contributed by atoms with Crippen LogP contribution in [0.5, 0.6) is 5.75 Å². The molecule has 2 aliphatic rings. The fourth-order valence-corrected chi connectivity index (χ4v) is 3.39. The highest BCUT2D eigenvalue weighted by molar-refractivity contribution is 6.30. The van der Waals surface area contributed by atoms with Crippen LogP contribution in [0.3, 0.4) is 0 Å². The Morgan fingerprint density at radius 3 is 2.82 bits per heavy atom. The number of nitrogens with zero attached hydrogens (tertiary/aromatic N) is 2. The van der Waals surface area contributed by atoms with Gasteiger partial charge in [0.05, 0.1) is 11.8 Å². The zero-order valence-corrected chi connectivity index (χ0v) is 13.1. The van der Waals surface area contributed by atoms with Crippen molar-refractivity contribution in [2.75, 3.05) is 0 Å². The Bertz CT molecular complexity index is 729. The van der Waals surface area contributed by atoms with E-state index < -0.39 is 0 Å². The quantitative estimate of drug-likeness (QED) is 0.808. The van der Waals surface area contributed by atoms with Crippen molar-refractivity contribution in [3.8, 4) is 5.75 Å². The summed E-state index contributed by atoms with van der Waals surface area (Å²) in [7, 11) is 0. The van der Waals surface area contributed by atoms with Gasteiger partial charge in [-0.05, 0) is 23.8 Å². The summed E-state index contributed by atoms with van der Waals surface area (Å²) < 4.78 is 6.09. The number of hydrogen-bond donors (Lipinski definition) is 0. The molecule has 0 spiro atoms. The molecule has 3 nitrogen and oxygen atoms in total. The second-order valence-electron chi connectivity index (χ2n) is 5.68. The molecule has 0 bridgehead atoms. The van der Waals surface area contributed by atoms with Gasteiger partial charge in [0.25, 0.3) is 0 Å².